The molecule has 0 saturated heterocycles. The monoisotopic (exact) mass is 550 g/mol. The molecule has 2 aliphatic rings. The van der Waals surface area contributed by atoms with Gasteiger partial charge in [-0.3, -0.25) is 0 Å². The zero-order valence-electron chi connectivity index (χ0n) is 20.8. The summed E-state index contributed by atoms with van der Waals surface area (Å²) < 4.78 is 38.6. The summed E-state index contributed by atoms with van der Waals surface area (Å²) in [4.78, 5) is 20.7. The Hall–Kier alpha value is -2.94. The molecule has 5 rings (SSSR count). The molecule has 0 spiro atoms. The second kappa shape index (κ2) is 11.0. The van der Waals surface area contributed by atoms with Gasteiger partial charge in [-0.15, -0.1) is 5.10 Å². The van der Waals surface area contributed by atoms with Crippen LogP contribution in [-0.4, -0.2) is 85.0 Å². The lowest BCUT2D eigenvalue weighted by atomic mass is 10.1. The molecule has 6 atom stereocenters. The number of hydrogen-bond acceptors (Lipinski definition) is 11. The van der Waals surface area contributed by atoms with Gasteiger partial charge in [-0.05, 0) is 30.5 Å². The first-order valence-electron chi connectivity index (χ1n) is 12.3. The number of rotatable bonds is 10. The van der Waals surface area contributed by atoms with Crippen molar-refractivity contribution in [1.82, 2.24) is 25.0 Å². The smallest absolute Gasteiger partial charge is 0.331 e. The maximum Gasteiger partial charge on any atom is 0.331 e. The molecule has 204 valence electrons. The van der Waals surface area contributed by atoms with E-state index in [1.807, 2.05) is 6.92 Å². The van der Waals surface area contributed by atoms with Gasteiger partial charge in [-0.1, -0.05) is 30.0 Å². The van der Waals surface area contributed by atoms with Crippen LogP contribution >= 0.6 is 11.8 Å². The van der Waals surface area contributed by atoms with Crippen molar-refractivity contribution in [2.45, 2.75) is 67.7 Å². The number of hydrogen-bond donors (Lipinski definition) is 3. The number of anilines is 1. The van der Waals surface area contributed by atoms with Crippen molar-refractivity contribution in [3.63, 3.8) is 0 Å². The highest BCUT2D eigenvalue weighted by Gasteiger charge is 2.45. The van der Waals surface area contributed by atoms with Crippen molar-refractivity contribution in [3.05, 3.63) is 35.4 Å². The molecular formula is C24H28F2N6O5S. The fourth-order valence-electron chi connectivity index (χ4n) is 4.64. The van der Waals surface area contributed by atoms with Crippen LogP contribution < -0.4 is 5.32 Å². The molecule has 2 saturated carbocycles. The number of ether oxygens (including phenoxy) is 2. The number of nitrogens with zero attached hydrogens (tertiary/aromatic N) is 5. The van der Waals surface area contributed by atoms with Gasteiger partial charge in [0.2, 0.25) is 0 Å². The van der Waals surface area contributed by atoms with Crippen LogP contribution in [0.25, 0.3) is 11.2 Å². The number of aromatic nitrogens is 5. The van der Waals surface area contributed by atoms with Crippen LogP contribution in [0.2, 0.25) is 0 Å². The van der Waals surface area contributed by atoms with E-state index in [1.165, 1.54) is 29.6 Å². The average molecular weight is 551 g/mol. The summed E-state index contributed by atoms with van der Waals surface area (Å²) in [5.41, 5.74) is 1.44. The summed E-state index contributed by atoms with van der Waals surface area (Å²) >= 11 is 1.46. The predicted octanol–water partition coefficient (Wildman–Crippen LogP) is 2.19. The van der Waals surface area contributed by atoms with Crippen LogP contribution in [-0.2, 0) is 14.3 Å². The molecule has 2 aromatic heterocycles. The molecule has 2 heterocycles. The molecule has 0 unspecified atom stereocenters. The summed E-state index contributed by atoms with van der Waals surface area (Å²) in [6, 6.07) is 3.13. The fourth-order valence-corrected chi connectivity index (χ4v) is 5.34. The molecular weight excluding hydrogens is 522 g/mol. The van der Waals surface area contributed by atoms with Crippen molar-refractivity contribution in [2.75, 3.05) is 24.8 Å². The third-order valence-corrected chi connectivity index (χ3v) is 7.83. The summed E-state index contributed by atoms with van der Waals surface area (Å²) in [7, 11) is 1.23. The number of halogens is 2. The number of methoxy groups -OCH3 is 1. The molecule has 1 aromatic carbocycles. The average Bonchev–Trinajstić information content (AvgIpc) is 3.46. The summed E-state index contributed by atoms with van der Waals surface area (Å²) in [6.45, 7) is 1.68. The number of carbonyl (C=O) groups excluding carboxylic acids is 1. The Morgan fingerprint density at radius 1 is 1.21 bits per heavy atom. The maximum atomic E-state index is 13.7. The number of thioether (sulfide) groups is 1. The molecule has 2 aliphatic carbocycles. The molecule has 11 nitrogen and oxygen atoms in total. The first-order valence-corrected chi connectivity index (χ1v) is 13.3. The number of fused-ring (bicyclic) bond motifs is 1. The van der Waals surface area contributed by atoms with Crippen LogP contribution in [0.5, 0.6) is 0 Å². The number of esters is 1. The lowest BCUT2D eigenvalue weighted by molar-refractivity contribution is -0.150. The minimum Gasteiger partial charge on any atom is -0.467 e. The highest BCUT2D eigenvalue weighted by molar-refractivity contribution is 7.99. The van der Waals surface area contributed by atoms with Gasteiger partial charge in [-0.2, -0.15) is 0 Å². The summed E-state index contributed by atoms with van der Waals surface area (Å²) in [5, 5.41) is 33.6. The molecule has 2 fully saturated rings. The van der Waals surface area contributed by atoms with Crippen molar-refractivity contribution in [1.29, 1.82) is 0 Å². The Labute approximate surface area is 220 Å². The van der Waals surface area contributed by atoms with E-state index < -0.39 is 42.0 Å². The Balaban J connectivity index is 1.40. The van der Waals surface area contributed by atoms with Crippen LogP contribution in [0.1, 0.15) is 43.7 Å². The number of benzene rings is 1. The standard InChI is InChI=1S/C24H28F2N6O5S/c1-3-6-38-24-28-22(27-15-8-12(15)11-4-5-13(25)14(26)7-11)19-23(29-24)32(31-30-19)16-9-17(21(35)20(16)34)37-10-18(33)36-2/h4-5,7,12,15-17,20-21,34-35H,3,6,8-10H2,1-2H3,(H,27,28,29)/t12-,15+,16+,17-,20-,21-/m0/s1. The Bertz CT molecular complexity index is 1330. The van der Waals surface area contributed by atoms with Gasteiger partial charge in [0.15, 0.2) is 33.8 Å². The summed E-state index contributed by atoms with van der Waals surface area (Å²) in [5.74, 6) is -1.16. The third-order valence-electron chi connectivity index (χ3n) is 6.78. The van der Waals surface area contributed by atoms with Crippen LogP contribution in [0.4, 0.5) is 14.6 Å². The first kappa shape index (κ1) is 26.7. The molecule has 38 heavy (non-hydrogen) atoms. The van der Waals surface area contributed by atoms with Gasteiger partial charge < -0.3 is 25.0 Å². The van der Waals surface area contributed by atoms with Crippen molar-refractivity contribution >= 4 is 34.7 Å². The molecule has 3 N–H and O–H groups in total. The predicted molar refractivity (Wildman–Crippen MR) is 133 cm³/mol. The van der Waals surface area contributed by atoms with E-state index in [1.54, 1.807) is 6.07 Å². The van der Waals surface area contributed by atoms with E-state index in [0.29, 0.717) is 34.1 Å². The second-order valence-corrected chi connectivity index (χ2v) is 10.4. The lowest BCUT2D eigenvalue weighted by Gasteiger charge is -2.17. The van der Waals surface area contributed by atoms with E-state index in [0.717, 1.165) is 18.2 Å². The van der Waals surface area contributed by atoms with Gasteiger partial charge in [0.05, 0.1) is 19.3 Å². The van der Waals surface area contributed by atoms with Crippen LogP contribution in [0, 0.1) is 11.6 Å². The van der Waals surface area contributed by atoms with Crippen molar-refractivity contribution in [2.24, 2.45) is 0 Å². The van der Waals surface area contributed by atoms with E-state index in [2.05, 4.69) is 30.3 Å². The minimum absolute atomic E-state index is 0.0172. The van der Waals surface area contributed by atoms with Gasteiger partial charge in [-0.25, -0.2) is 28.2 Å². The maximum absolute atomic E-state index is 13.7. The topological polar surface area (TPSA) is 145 Å². The Morgan fingerprint density at radius 2 is 2.03 bits per heavy atom. The number of nitrogens with one attached hydrogen (secondary N) is 1. The molecule has 0 amide bonds. The molecule has 14 heteroatoms. The quantitative estimate of drug-likeness (QED) is 0.194. The number of aliphatic hydroxyl groups is 2. The van der Waals surface area contributed by atoms with E-state index in [-0.39, 0.29) is 25.0 Å². The minimum atomic E-state index is -1.25. The van der Waals surface area contributed by atoms with E-state index in [4.69, 9.17) is 4.74 Å². The Morgan fingerprint density at radius 3 is 2.76 bits per heavy atom. The zero-order chi connectivity index (χ0) is 27.0. The first-order chi connectivity index (χ1) is 18.3. The summed E-state index contributed by atoms with van der Waals surface area (Å²) in [6.07, 6.45) is -1.52. The number of aliphatic hydroxyl groups excluding tert-OH is 2. The second-order valence-electron chi connectivity index (χ2n) is 9.39. The SMILES string of the molecule is CCCSc1nc(N[C@@H]2C[C@H]2c2ccc(F)c(F)c2)c2nnn([C@@H]3C[C@H](OCC(=O)OC)[C@H](O)[C@H]3O)c2n1. The normalized spacial score (nSPS) is 26.6. The molecule has 0 aliphatic heterocycles. The van der Waals surface area contributed by atoms with Crippen LogP contribution in [0.15, 0.2) is 23.4 Å². The largest absolute Gasteiger partial charge is 0.467 e. The fraction of sp³-hybridized carbons (Fsp3) is 0.542. The number of carbonyl (C=O) groups is 1. The van der Waals surface area contributed by atoms with Gasteiger partial charge in [0.25, 0.3) is 0 Å². The third kappa shape index (κ3) is 5.30. The van der Waals surface area contributed by atoms with Crippen LogP contribution in [0.3, 0.4) is 0 Å². The Kier molecular flexibility index (Phi) is 7.75. The molecule has 3 aromatic rings. The van der Waals surface area contributed by atoms with Crippen molar-refractivity contribution < 1.29 is 33.3 Å². The molecule has 0 bridgehead atoms. The molecule has 0 radical (unpaired) electrons. The van der Waals surface area contributed by atoms with Gasteiger partial charge >= 0.3 is 5.97 Å². The van der Waals surface area contributed by atoms with E-state index in [9.17, 15) is 23.8 Å². The zero-order valence-corrected chi connectivity index (χ0v) is 21.6. The van der Waals surface area contributed by atoms with Gasteiger partial charge in [0.1, 0.15) is 18.8 Å². The van der Waals surface area contributed by atoms with E-state index >= 15 is 0 Å². The van der Waals surface area contributed by atoms with Gasteiger partial charge in [0, 0.05) is 24.1 Å². The lowest BCUT2D eigenvalue weighted by Crippen LogP contribution is -2.34. The van der Waals surface area contributed by atoms with Crippen molar-refractivity contribution in [3.8, 4) is 0 Å². The highest BCUT2D eigenvalue weighted by Crippen LogP contribution is 2.44. The highest BCUT2D eigenvalue weighted by atomic mass is 32.2.